The second kappa shape index (κ2) is 7.50. The van der Waals surface area contributed by atoms with Crippen LogP contribution < -0.4 is 5.32 Å². The first-order valence-electron chi connectivity index (χ1n) is 6.96. The van der Waals surface area contributed by atoms with E-state index in [2.05, 4.69) is 57.2 Å². The molecule has 2 rings (SSSR count). The molecular weight excluding hydrogens is 314 g/mol. The molecule has 0 fully saturated rings. The molecule has 106 valence electrons. The SMILES string of the molecule is CCCNC(Cc1ccc(Br)cn1)c1ncccc1C. The Morgan fingerprint density at radius 3 is 2.75 bits per heavy atom. The van der Waals surface area contributed by atoms with Crippen molar-refractivity contribution < 1.29 is 0 Å². The highest BCUT2D eigenvalue weighted by Crippen LogP contribution is 2.19. The third kappa shape index (κ3) is 4.12. The van der Waals surface area contributed by atoms with Gasteiger partial charge in [-0.05, 0) is 59.6 Å². The maximum absolute atomic E-state index is 4.55. The van der Waals surface area contributed by atoms with Crippen LogP contribution in [0.4, 0.5) is 0 Å². The van der Waals surface area contributed by atoms with Crippen molar-refractivity contribution in [3.63, 3.8) is 0 Å². The van der Waals surface area contributed by atoms with Crippen LogP contribution in [0, 0.1) is 6.92 Å². The zero-order valence-corrected chi connectivity index (χ0v) is 13.5. The summed E-state index contributed by atoms with van der Waals surface area (Å²) >= 11 is 3.42. The molecule has 20 heavy (non-hydrogen) atoms. The van der Waals surface area contributed by atoms with E-state index in [1.54, 1.807) is 0 Å². The standard InChI is InChI=1S/C16H20BrN3/c1-3-8-18-15(16-12(2)5-4-9-19-16)10-14-7-6-13(17)11-20-14/h4-7,9,11,15,18H,3,8,10H2,1-2H3. The second-order valence-electron chi connectivity index (χ2n) is 4.88. The molecule has 0 bridgehead atoms. The fourth-order valence-electron chi connectivity index (χ4n) is 2.18. The van der Waals surface area contributed by atoms with Gasteiger partial charge in [-0.3, -0.25) is 9.97 Å². The lowest BCUT2D eigenvalue weighted by atomic mass is 10.0. The smallest absolute Gasteiger partial charge is 0.0606 e. The average molecular weight is 334 g/mol. The minimum atomic E-state index is 0.213. The first-order chi connectivity index (χ1) is 9.70. The third-order valence-electron chi connectivity index (χ3n) is 3.22. The van der Waals surface area contributed by atoms with Gasteiger partial charge >= 0.3 is 0 Å². The summed E-state index contributed by atoms with van der Waals surface area (Å²) in [6.45, 7) is 5.27. The van der Waals surface area contributed by atoms with E-state index in [1.807, 2.05) is 24.5 Å². The van der Waals surface area contributed by atoms with Gasteiger partial charge in [-0.2, -0.15) is 0 Å². The summed E-state index contributed by atoms with van der Waals surface area (Å²) in [5.41, 5.74) is 3.41. The predicted molar refractivity (Wildman–Crippen MR) is 85.6 cm³/mol. The summed E-state index contributed by atoms with van der Waals surface area (Å²) in [4.78, 5) is 9.01. The van der Waals surface area contributed by atoms with E-state index in [0.717, 1.165) is 35.2 Å². The third-order valence-corrected chi connectivity index (χ3v) is 3.69. The van der Waals surface area contributed by atoms with Gasteiger partial charge < -0.3 is 5.32 Å². The lowest BCUT2D eigenvalue weighted by molar-refractivity contribution is 0.511. The molecule has 2 aromatic rings. The molecule has 1 atom stereocenters. The Labute approximate surface area is 129 Å². The van der Waals surface area contributed by atoms with E-state index in [9.17, 15) is 0 Å². The van der Waals surface area contributed by atoms with Gasteiger partial charge in [0.1, 0.15) is 0 Å². The summed E-state index contributed by atoms with van der Waals surface area (Å²) in [5, 5.41) is 3.58. The molecule has 0 amide bonds. The number of aryl methyl sites for hydroxylation is 1. The molecule has 0 radical (unpaired) electrons. The zero-order valence-electron chi connectivity index (χ0n) is 11.9. The van der Waals surface area contributed by atoms with Crippen molar-refractivity contribution in [2.45, 2.75) is 32.7 Å². The molecule has 2 heterocycles. The van der Waals surface area contributed by atoms with Crippen molar-refractivity contribution in [2.75, 3.05) is 6.54 Å². The quantitative estimate of drug-likeness (QED) is 0.872. The number of aromatic nitrogens is 2. The van der Waals surface area contributed by atoms with Crippen molar-refractivity contribution in [1.82, 2.24) is 15.3 Å². The highest BCUT2D eigenvalue weighted by Gasteiger charge is 2.15. The molecule has 0 aliphatic heterocycles. The molecule has 0 saturated carbocycles. The number of hydrogen-bond acceptors (Lipinski definition) is 3. The number of hydrogen-bond donors (Lipinski definition) is 1. The molecule has 1 unspecified atom stereocenters. The second-order valence-corrected chi connectivity index (χ2v) is 5.80. The summed E-state index contributed by atoms with van der Waals surface area (Å²) in [6.07, 6.45) is 5.66. The maximum atomic E-state index is 4.55. The number of nitrogens with zero attached hydrogens (tertiary/aromatic N) is 2. The van der Waals surface area contributed by atoms with Crippen LogP contribution in [0.2, 0.25) is 0 Å². The van der Waals surface area contributed by atoms with E-state index >= 15 is 0 Å². The van der Waals surface area contributed by atoms with E-state index < -0.39 is 0 Å². The number of halogens is 1. The lowest BCUT2D eigenvalue weighted by Gasteiger charge is -2.19. The Morgan fingerprint density at radius 2 is 2.10 bits per heavy atom. The summed E-state index contributed by atoms with van der Waals surface area (Å²) < 4.78 is 1.01. The van der Waals surface area contributed by atoms with E-state index in [0.29, 0.717) is 0 Å². The zero-order chi connectivity index (χ0) is 14.4. The highest BCUT2D eigenvalue weighted by atomic mass is 79.9. The lowest BCUT2D eigenvalue weighted by Crippen LogP contribution is -2.26. The van der Waals surface area contributed by atoms with Crippen molar-refractivity contribution in [3.8, 4) is 0 Å². The summed E-state index contributed by atoms with van der Waals surface area (Å²) in [5.74, 6) is 0. The van der Waals surface area contributed by atoms with Crippen molar-refractivity contribution >= 4 is 15.9 Å². The number of rotatable bonds is 6. The minimum Gasteiger partial charge on any atom is -0.308 e. The largest absolute Gasteiger partial charge is 0.308 e. The Morgan fingerprint density at radius 1 is 1.25 bits per heavy atom. The molecule has 0 saturated heterocycles. The fourth-order valence-corrected chi connectivity index (χ4v) is 2.42. The molecule has 3 nitrogen and oxygen atoms in total. The number of nitrogens with one attached hydrogen (secondary N) is 1. The van der Waals surface area contributed by atoms with Gasteiger partial charge in [-0.1, -0.05) is 13.0 Å². The van der Waals surface area contributed by atoms with Crippen LogP contribution in [0.1, 0.15) is 36.3 Å². The van der Waals surface area contributed by atoms with E-state index in [-0.39, 0.29) is 6.04 Å². The van der Waals surface area contributed by atoms with Gasteiger partial charge in [0.25, 0.3) is 0 Å². The highest BCUT2D eigenvalue weighted by molar-refractivity contribution is 9.10. The van der Waals surface area contributed by atoms with E-state index in [1.165, 1.54) is 5.56 Å². The van der Waals surface area contributed by atoms with E-state index in [4.69, 9.17) is 0 Å². The number of pyridine rings is 2. The Hall–Kier alpha value is -1.26. The van der Waals surface area contributed by atoms with Crippen LogP contribution in [-0.2, 0) is 6.42 Å². The van der Waals surface area contributed by atoms with Gasteiger partial charge in [-0.15, -0.1) is 0 Å². The molecule has 0 aliphatic carbocycles. The molecule has 2 aromatic heterocycles. The minimum absolute atomic E-state index is 0.213. The molecule has 0 aromatic carbocycles. The topological polar surface area (TPSA) is 37.8 Å². The van der Waals surface area contributed by atoms with Crippen LogP contribution in [0.15, 0.2) is 41.1 Å². The van der Waals surface area contributed by atoms with Gasteiger partial charge in [0, 0.05) is 29.0 Å². The van der Waals surface area contributed by atoms with Gasteiger partial charge in [0.05, 0.1) is 11.7 Å². The fraction of sp³-hybridized carbons (Fsp3) is 0.375. The monoisotopic (exact) mass is 333 g/mol. The predicted octanol–water partition coefficient (Wildman–Crippen LogP) is 3.83. The summed E-state index contributed by atoms with van der Waals surface area (Å²) in [7, 11) is 0. The molecule has 1 N–H and O–H groups in total. The van der Waals surface area contributed by atoms with Crippen LogP contribution in [-0.4, -0.2) is 16.5 Å². The Kier molecular flexibility index (Phi) is 5.68. The van der Waals surface area contributed by atoms with Gasteiger partial charge in [0.15, 0.2) is 0 Å². The normalized spacial score (nSPS) is 12.3. The first-order valence-corrected chi connectivity index (χ1v) is 7.75. The van der Waals surface area contributed by atoms with Crippen molar-refractivity contribution in [2.24, 2.45) is 0 Å². The van der Waals surface area contributed by atoms with Gasteiger partial charge in [0.2, 0.25) is 0 Å². The first kappa shape index (κ1) is 15.1. The maximum Gasteiger partial charge on any atom is 0.0606 e. The summed E-state index contributed by atoms with van der Waals surface area (Å²) in [6, 6.07) is 8.39. The van der Waals surface area contributed by atoms with Crippen molar-refractivity contribution in [3.05, 3.63) is 58.1 Å². The Bertz CT molecular complexity index is 540. The molecule has 4 heteroatoms. The average Bonchev–Trinajstić information content (AvgIpc) is 2.46. The molecular formula is C16H20BrN3. The van der Waals surface area contributed by atoms with Crippen LogP contribution in [0.25, 0.3) is 0 Å². The Balaban J connectivity index is 2.19. The van der Waals surface area contributed by atoms with Crippen LogP contribution >= 0.6 is 15.9 Å². The van der Waals surface area contributed by atoms with Crippen molar-refractivity contribution in [1.29, 1.82) is 0 Å². The van der Waals surface area contributed by atoms with Gasteiger partial charge in [-0.25, -0.2) is 0 Å². The molecule has 0 spiro atoms. The van der Waals surface area contributed by atoms with Crippen LogP contribution in [0.3, 0.4) is 0 Å². The van der Waals surface area contributed by atoms with Crippen LogP contribution in [0.5, 0.6) is 0 Å². The molecule has 0 aliphatic rings.